The molecule has 0 fully saturated rings. The molecule has 0 N–H and O–H groups in total. The fraction of sp³-hybridized carbons (Fsp3) is 0.277. The topological polar surface area (TPSA) is 27.7 Å². The summed E-state index contributed by atoms with van der Waals surface area (Å²) in [5.74, 6) is 1.67. The molecule has 0 spiro atoms. The van der Waals surface area contributed by atoms with Gasteiger partial charge in [-0.3, -0.25) is 0 Å². The van der Waals surface area contributed by atoms with Crippen molar-refractivity contribution in [1.29, 1.82) is 0 Å². The van der Waals surface area contributed by atoms with Gasteiger partial charge in [-0.05, 0) is 61.5 Å². The molecule has 0 aromatic heterocycles. The molecule has 0 saturated heterocycles. The van der Waals surface area contributed by atoms with Gasteiger partial charge in [0.25, 0.3) is 8.32 Å². The minimum Gasteiger partial charge on any atom is -0.534 e. The third kappa shape index (κ3) is 7.68. The highest BCUT2D eigenvalue weighted by atomic mass is 28.4. The van der Waals surface area contributed by atoms with Crippen LogP contribution in [0.3, 0.4) is 0 Å². The number of allylic oxidation sites excluding steroid dienone is 1. The van der Waals surface area contributed by atoms with E-state index in [2.05, 4.69) is 202 Å². The van der Waals surface area contributed by atoms with Crippen molar-refractivity contribution in [2.24, 2.45) is 0 Å². The summed E-state index contributed by atoms with van der Waals surface area (Å²) in [6.07, 6.45) is 3.44. The average molecular weight is 725 g/mol. The Morgan fingerprint density at radius 2 is 0.981 bits per heavy atom. The van der Waals surface area contributed by atoms with E-state index in [4.69, 9.17) is 13.6 Å². The van der Waals surface area contributed by atoms with Crippen LogP contribution in [-0.4, -0.2) is 29.3 Å². The van der Waals surface area contributed by atoms with Gasteiger partial charge in [0.05, 0.1) is 6.61 Å². The lowest BCUT2D eigenvalue weighted by Gasteiger charge is -2.43. The lowest BCUT2D eigenvalue weighted by molar-refractivity contribution is 0.156. The van der Waals surface area contributed by atoms with E-state index in [0.29, 0.717) is 6.61 Å². The molecule has 0 aliphatic carbocycles. The van der Waals surface area contributed by atoms with Crippen molar-refractivity contribution < 1.29 is 13.6 Å². The molecule has 5 rings (SSSR count). The van der Waals surface area contributed by atoms with Crippen molar-refractivity contribution in [3.05, 3.63) is 170 Å². The monoisotopic (exact) mass is 724 g/mol. The predicted molar refractivity (Wildman–Crippen MR) is 226 cm³/mol. The molecule has 2 atom stereocenters. The quantitative estimate of drug-likeness (QED) is 0.0844. The summed E-state index contributed by atoms with van der Waals surface area (Å²) in [6, 6.07) is 47.3. The van der Waals surface area contributed by atoms with E-state index < -0.39 is 16.6 Å². The lowest BCUT2D eigenvalue weighted by atomic mass is 9.98. The predicted octanol–water partition coefficient (Wildman–Crippen LogP) is 9.73. The summed E-state index contributed by atoms with van der Waals surface area (Å²) in [5, 5.41) is 4.61. The second kappa shape index (κ2) is 16.1. The first-order valence-corrected chi connectivity index (χ1v) is 22.2. The van der Waals surface area contributed by atoms with Gasteiger partial charge in [0, 0.05) is 11.5 Å². The van der Waals surface area contributed by atoms with Gasteiger partial charge in [0.1, 0.15) is 17.6 Å². The van der Waals surface area contributed by atoms with Gasteiger partial charge >= 0.3 is 8.32 Å². The molecular formula is C47H56O3Si2. The van der Waals surface area contributed by atoms with Gasteiger partial charge in [0.2, 0.25) is 0 Å². The van der Waals surface area contributed by atoms with Crippen LogP contribution in [0.1, 0.15) is 65.5 Å². The van der Waals surface area contributed by atoms with Crippen LogP contribution in [-0.2, 0) is 4.43 Å². The number of rotatable bonds is 14. The summed E-state index contributed by atoms with van der Waals surface area (Å²) in [5.41, 5.74) is 2.03. The molecule has 1 unspecified atom stereocenters. The smallest absolute Gasteiger partial charge is 0.319 e. The summed E-state index contributed by atoms with van der Waals surface area (Å²) in [6.45, 7) is 26.8. The Morgan fingerprint density at radius 3 is 1.35 bits per heavy atom. The molecule has 52 heavy (non-hydrogen) atoms. The number of aryl methyl sites for hydroxylation is 1. The van der Waals surface area contributed by atoms with E-state index in [1.165, 1.54) is 20.7 Å². The van der Waals surface area contributed by atoms with Crippen molar-refractivity contribution in [2.75, 3.05) is 6.61 Å². The maximum atomic E-state index is 7.53. The molecular weight excluding hydrogens is 669 g/mol. The Kier molecular flexibility index (Phi) is 12.0. The van der Waals surface area contributed by atoms with E-state index in [1.807, 2.05) is 12.2 Å². The van der Waals surface area contributed by atoms with Crippen LogP contribution in [0.15, 0.2) is 159 Å². The van der Waals surface area contributed by atoms with Crippen molar-refractivity contribution >= 4 is 37.4 Å². The van der Waals surface area contributed by atoms with Crippen molar-refractivity contribution in [3.8, 4) is 11.5 Å². The van der Waals surface area contributed by atoms with Crippen LogP contribution in [0, 0.1) is 6.92 Å². The summed E-state index contributed by atoms with van der Waals surface area (Å²) in [7, 11) is -5.64. The van der Waals surface area contributed by atoms with Crippen molar-refractivity contribution in [1.82, 2.24) is 0 Å². The molecule has 0 radical (unpaired) electrons. The third-order valence-electron chi connectivity index (χ3n) is 10.3. The Morgan fingerprint density at radius 1 is 0.577 bits per heavy atom. The highest BCUT2D eigenvalue weighted by molar-refractivity contribution is 7.00. The van der Waals surface area contributed by atoms with Gasteiger partial charge in [-0.1, -0.05) is 182 Å². The molecule has 0 heterocycles. The van der Waals surface area contributed by atoms with Crippen molar-refractivity contribution in [2.45, 2.75) is 77.5 Å². The molecule has 5 aromatic rings. The minimum atomic E-state index is -2.86. The zero-order chi connectivity index (χ0) is 37.6. The first-order chi connectivity index (χ1) is 24.8. The van der Waals surface area contributed by atoms with Crippen LogP contribution in [0.25, 0.3) is 0 Å². The first-order valence-electron chi connectivity index (χ1n) is 18.4. The molecule has 0 saturated carbocycles. The molecule has 5 aromatic carbocycles. The van der Waals surface area contributed by atoms with Gasteiger partial charge < -0.3 is 13.6 Å². The van der Waals surface area contributed by atoms with Crippen LogP contribution in [0.2, 0.25) is 10.1 Å². The molecule has 0 aliphatic heterocycles. The van der Waals surface area contributed by atoms with Crippen LogP contribution >= 0.6 is 0 Å². The van der Waals surface area contributed by atoms with Gasteiger partial charge in [0.15, 0.2) is 0 Å². The Labute approximate surface area is 315 Å². The van der Waals surface area contributed by atoms with Crippen LogP contribution in [0.4, 0.5) is 0 Å². The van der Waals surface area contributed by atoms with E-state index >= 15 is 0 Å². The normalized spacial score (nSPS) is 13.5. The molecule has 0 amide bonds. The SMILES string of the molecule is C=CC(C)c1cc(O[Si](c2ccccc2)(c2ccccc2)C(C)(C)C)c(C)cc1O[C@H](C=C)CO[Si](c1ccccc1)(c1ccccc1)C(C)(C)C. The minimum absolute atomic E-state index is 0.0140. The lowest BCUT2D eigenvalue weighted by Crippen LogP contribution is -2.68. The van der Waals surface area contributed by atoms with E-state index in [-0.39, 0.29) is 22.1 Å². The zero-order valence-corrected chi connectivity index (χ0v) is 34.4. The first kappa shape index (κ1) is 38.8. The van der Waals surface area contributed by atoms with Crippen LogP contribution in [0.5, 0.6) is 11.5 Å². The van der Waals surface area contributed by atoms with Gasteiger partial charge in [-0.2, -0.15) is 0 Å². The van der Waals surface area contributed by atoms with Crippen LogP contribution < -0.4 is 29.9 Å². The second-order valence-corrected chi connectivity index (χ2v) is 24.3. The van der Waals surface area contributed by atoms with E-state index in [0.717, 1.165) is 22.6 Å². The fourth-order valence-corrected chi connectivity index (χ4v) is 16.5. The van der Waals surface area contributed by atoms with Gasteiger partial charge in [-0.15, -0.1) is 6.58 Å². The van der Waals surface area contributed by atoms with E-state index in [9.17, 15) is 0 Å². The summed E-state index contributed by atoms with van der Waals surface area (Å²) in [4.78, 5) is 0. The number of benzene rings is 5. The fourth-order valence-electron chi connectivity index (χ4n) is 7.47. The number of ether oxygens (including phenoxy) is 1. The molecule has 5 heteroatoms. The summed E-state index contributed by atoms with van der Waals surface area (Å²) >= 11 is 0. The molecule has 0 bridgehead atoms. The molecule has 270 valence electrons. The molecule has 0 aliphatic rings. The second-order valence-electron chi connectivity index (χ2n) is 15.8. The Bertz CT molecular complexity index is 1830. The maximum absolute atomic E-state index is 7.53. The molecule has 3 nitrogen and oxygen atoms in total. The summed E-state index contributed by atoms with van der Waals surface area (Å²) < 4.78 is 21.7. The highest BCUT2D eigenvalue weighted by Crippen LogP contribution is 2.42. The Balaban J connectivity index is 1.56. The number of hydrogen-bond acceptors (Lipinski definition) is 3. The van der Waals surface area contributed by atoms with Crippen molar-refractivity contribution in [3.63, 3.8) is 0 Å². The third-order valence-corrected chi connectivity index (χ3v) is 20.2. The zero-order valence-electron chi connectivity index (χ0n) is 32.4. The van der Waals surface area contributed by atoms with E-state index in [1.54, 1.807) is 0 Å². The number of hydrogen-bond donors (Lipinski definition) is 0. The Hall–Kier alpha value is -4.43. The largest absolute Gasteiger partial charge is 0.534 e. The highest BCUT2D eigenvalue weighted by Gasteiger charge is 2.53. The standard InChI is InChI=1S/C47H56O3Si2/c1-11-36(3)43-34-44(50-52(47(8,9)10,41-29-21-15-22-30-41)42-31-23-16-24-32-42)37(4)33-45(43)49-38(12-2)35-48-51(46(5,6)7,39-25-17-13-18-26-39)40-27-19-14-20-28-40/h11-34,36,38H,1-2,35H2,3-10H3/t36?,38-/m1/s1. The maximum Gasteiger partial charge on any atom is 0.319 e. The average Bonchev–Trinajstić information content (AvgIpc) is 3.14. The van der Waals surface area contributed by atoms with Gasteiger partial charge in [-0.25, -0.2) is 0 Å².